The molecule has 35 heavy (non-hydrogen) atoms. The number of hydrogen-bond acceptors (Lipinski definition) is 10. The van der Waals surface area contributed by atoms with Crippen molar-refractivity contribution in [3.63, 3.8) is 0 Å². The van der Waals surface area contributed by atoms with E-state index in [-0.39, 0.29) is 33.8 Å². The van der Waals surface area contributed by atoms with Crippen molar-refractivity contribution < 1.29 is 13.2 Å². The third kappa shape index (κ3) is 5.19. The van der Waals surface area contributed by atoms with Crippen molar-refractivity contribution in [2.45, 2.75) is 31.5 Å². The Morgan fingerprint density at radius 2 is 1.66 bits per heavy atom. The van der Waals surface area contributed by atoms with Gasteiger partial charge in [-0.1, -0.05) is 26.0 Å². The summed E-state index contributed by atoms with van der Waals surface area (Å²) in [6, 6.07) is 10.3. The van der Waals surface area contributed by atoms with Gasteiger partial charge in [-0.25, -0.2) is 8.42 Å². The average Bonchev–Trinajstić information content (AvgIpc) is 3.30. The molecule has 4 rings (SSSR count). The topological polar surface area (TPSA) is 136 Å². The van der Waals surface area contributed by atoms with Gasteiger partial charge in [-0.05, 0) is 51.7 Å². The van der Waals surface area contributed by atoms with Gasteiger partial charge in [-0.2, -0.15) is 0 Å². The molecule has 1 aromatic heterocycles. The lowest BCUT2D eigenvalue weighted by atomic mass is 9.97. The van der Waals surface area contributed by atoms with Crippen LogP contribution in [0.5, 0.6) is 0 Å². The number of nitroso groups, excluding NO2 is 2. The van der Waals surface area contributed by atoms with Gasteiger partial charge < -0.3 is 4.74 Å². The van der Waals surface area contributed by atoms with Crippen molar-refractivity contribution in [1.29, 1.82) is 0 Å². The van der Waals surface area contributed by atoms with Gasteiger partial charge >= 0.3 is 0 Å². The normalized spacial score (nSPS) is 14.9. The standard InChI is InChI=1S/C23H26N6O5S/c1-15(2)18-12-19(21(27-31)13-20(18)26-30)22-24-25-23(35(3,32)33)29(22)17-6-4-16(5-7-17)14-28-8-10-34-11-9-28/h4-7,12-13,15H,8-11,14H2,1-3H3. The molecule has 12 heteroatoms. The minimum absolute atomic E-state index is 0.0818. The van der Waals surface area contributed by atoms with Gasteiger partial charge in [0.25, 0.3) is 5.16 Å². The third-order valence-corrected chi connectivity index (χ3v) is 6.80. The van der Waals surface area contributed by atoms with E-state index in [1.165, 1.54) is 10.6 Å². The largest absolute Gasteiger partial charge is 0.379 e. The van der Waals surface area contributed by atoms with E-state index < -0.39 is 9.84 Å². The lowest BCUT2D eigenvalue weighted by molar-refractivity contribution is 0.0342. The van der Waals surface area contributed by atoms with E-state index >= 15 is 0 Å². The van der Waals surface area contributed by atoms with E-state index in [0.717, 1.165) is 31.5 Å². The molecule has 1 fully saturated rings. The Morgan fingerprint density at radius 1 is 1.00 bits per heavy atom. The Bertz CT molecular complexity index is 1350. The number of aromatic nitrogens is 3. The molecule has 0 amide bonds. The molecule has 2 aromatic carbocycles. The molecule has 3 aromatic rings. The smallest absolute Gasteiger partial charge is 0.254 e. The fourth-order valence-corrected chi connectivity index (χ4v) is 4.79. The number of benzene rings is 2. The van der Waals surface area contributed by atoms with Gasteiger partial charge in [-0.3, -0.25) is 9.47 Å². The Hall–Kier alpha value is -3.35. The van der Waals surface area contributed by atoms with Gasteiger partial charge in [0.05, 0.1) is 13.2 Å². The van der Waals surface area contributed by atoms with Crippen LogP contribution in [0.2, 0.25) is 0 Å². The predicted molar refractivity (Wildman–Crippen MR) is 131 cm³/mol. The van der Waals surface area contributed by atoms with Crippen LogP contribution in [0.1, 0.15) is 30.9 Å². The molecule has 0 aliphatic carbocycles. The molecule has 0 atom stereocenters. The number of sulfone groups is 1. The van der Waals surface area contributed by atoms with Crippen LogP contribution in [0.4, 0.5) is 11.4 Å². The highest BCUT2D eigenvalue weighted by Gasteiger charge is 2.26. The van der Waals surface area contributed by atoms with Crippen molar-refractivity contribution in [3.8, 4) is 17.1 Å². The fourth-order valence-electron chi connectivity index (χ4n) is 4.08. The van der Waals surface area contributed by atoms with Crippen LogP contribution >= 0.6 is 0 Å². The molecule has 0 saturated carbocycles. The van der Waals surface area contributed by atoms with Gasteiger partial charge in [-0.15, -0.1) is 20.0 Å². The molecule has 0 unspecified atom stereocenters. The lowest BCUT2D eigenvalue weighted by Gasteiger charge is -2.26. The zero-order chi connectivity index (χ0) is 25.2. The molecule has 1 aliphatic rings. The SMILES string of the molecule is CC(C)c1cc(-c2nnc(S(C)(=O)=O)n2-c2ccc(CN3CCOCC3)cc2)c(N=O)cc1N=O. The minimum Gasteiger partial charge on any atom is -0.379 e. The maximum atomic E-state index is 12.5. The fraction of sp³-hybridized carbons (Fsp3) is 0.391. The van der Waals surface area contributed by atoms with E-state index in [1.807, 2.05) is 26.0 Å². The first-order chi connectivity index (χ1) is 16.7. The summed E-state index contributed by atoms with van der Waals surface area (Å²) in [5, 5.41) is 13.8. The highest BCUT2D eigenvalue weighted by molar-refractivity contribution is 7.90. The first-order valence-corrected chi connectivity index (χ1v) is 13.0. The molecule has 1 aliphatic heterocycles. The molecular formula is C23H26N6O5S. The number of nitrogens with zero attached hydrogens (tertiary/aromatic N) is 6. The van der Waals surface area contributed by atoms with Crippen molar-refractivity contribution in [3.05, 3.63) is 57.3 Å². The summed E-state index contributed by atoms with van der Waals surface area (Å²) in [7, 11) is -3.77. The second-order valence-corrected chi connectivity index (χ2v) is 10.6. The molecule has 2 heterocycles. The average molecular weight is 499 g/mol. The predicted octanol–water partition coefficient (Wildman–Crippen LogP) is 4.09. The van der Waals surface area contributed by atoms with E-state index in [2.05, 4.69) is 25.5 Å². The van der Waals surface area contributed by atoms with Crippen molar-refractivity contribution in [2.75, 3.05) is 32.6 Å². The van der Waals surface area contributed by atoms with E-state index in [9.17, 15) is 18.2 Å². The Kier molecular flexibility index (Phi) is 7.15. The van der Waals surface area contributed by atoms with Crippen LogP contribution in [0, 0.1) is 9.81 Å². The summed E-state index contributed by atoms with van der Waals surface area (Å²) < 4.78 is 31.9. The van der Waals surface area contributed by atoms with Crippen molar-refractivity contribution in [1.82, 2.24) is 19.7 Å². The van der Waals surface area contributed by atoms with E-state index in [1.54, 1.807) is 18.2 Å². The maximum Gasteiger partial charge on any atom is 0.254 e. The Morgan fingerprint density at radius 3 is 2.23 bits per heavy atom. The Labute approximate surface area is 203 Å². The van der Waals surface area contributed by atoms with Gasteiger partial charge in [0.1, 0.15) is 11.4 Å². The van der Waals surface area contributed by atoms with Crippen LogP contribution in [-0.4, -0.2) is 60.6 Å². The highest BCUT2D eigenvalue weighted by atomic mass is 32.2. The monoisotopic (exact) mass is 498 g/mol. The van der Waals surface area contributed by atoms with Crippen molar-refractivity contribution in [2.24, 2.45) is 10.4 Å². The van der Waals surface area contributed by atoms with Crippen LogP contribution in [0.3, 0.4) is 0 Å². The molecule has 0 spiro atoms. The summed E-state index contributed by atoms with van der Waals surface area (Å²) in [4.78, 5) is 25.3. The zero-order valence-corrected chi connectivity index (χ0v) is 20.5. The van der Waals surface area contributed by atoms with Gasteiger partial charge in [0, 0.05) is 37.1 Å². The summed E-state index contributed by atoms with van der Waals surface area (Å²) in [5.74, 6) is 0.0349. The highest BCUT2D eigenvalue weighted by Crippen LogP contribution is 2.39. The first kappa shape index (κ1) is 24.8. The molecular weight excluding hydrogens is 472 g/mol. The summed E-state index contributed by atoms with van der Waals surface area (Å²) in [6.45, 7) is 7.59. The lowest BCUT2D eigenvalue weighted by Crippen LogP contribution is -2.35. The van der Waals surface area contributed by atoms with E-state index in [0.29, 0.717) is 24.5 Å². The van der Waals surface area contributed by atoms with E-state index in [4.69, 9.17) is 4.74 Å². The number of rotatable bonds is 8. The Balaban J connectivity index is 1.83. The first-order valence-electron chi connectivity index (χ1n) is 11.1. The van der Waals surface area contributed by atoms with Gasteiger partial charge in [0.15, 0.2) is 5.82 Å². The summed E-state index contributed by atoms with van der Waals surface area (Å²) in [5.41, 5.74) is 2.43. The summed E-state index contributed by atoms with van der Waals surface area (Å²) >= 11 is 0. The second-order valence-electron chi connectivity index (χ2n) is 8.73. The second kappa shape index (κ2) is 10.1. The van der Waals surface area contributed by atoms with Crippen molar-refractivity contribution >= 4 is 21.2 Å². The summed E-state index contributed by atoms with van der Waals surface area (Å²) in [6.07, 6.45) is 1.04. The third-order valence-electron chi connectivity index (χ3n) is 5.87. The number of morpholine rings is 1. The number of hydrogen-bond donors (Lipinski definition) is 0. The molecule has 1 saturated heterocycles. The van der Waals surface area contributed by atoms with Crippen LogP contribution in [-0.2, 0) is 21.1 Å². The van der Waals surface area contributed by atoms with Crippen LogP contribution in [0.15, 0.2) is 51.9 Å². The van der Waals surface area contributed by atoms with Crippen LogP contribution < -0.4 is 0 Å². The van der Waals surface area contributed by atoms with Gasteiger partial charge in [0.2, 0.25) is 9.84 Å². The molecule has 11 nitrogen and oxygen atoms in total. The molecule has 0 radical (unpaired) electrons. The minimum atomic E-state index is -3.77. The molecule has 0 bridgehead atoms. The number of ether oxygens (including phenoxy) is 1. The quantitative estimate of drug-likeness (QED) is 0.424. The molecule has 184 valence electrons. The maximum absolute atomic E-state index is 12.5. The molecule has 0 N–H and O–H groups in total. The zero-order valence-electron chi connectivity index (χ0n) is 19.7. The van der Waals surface area contributed by atoms with Crippen LogP contribution in [0.25, 0.3) is 17.1 Å².